The van der Waals surface area contributed by atoms with Gasteiger partial charge in [-0.05, 0) is 48.5 Å². The minimum atomic E-state index is -1.68. The fourth-order valence-electron chi connectivity index (χ4n) is 2.46. The standard InChI is InChI=1S/C18H31BrOSi/c1-6-13-18(2,3)21(4,5)20-15-17-11-9-16(10-12-17)8-7-14-19/h9-12H,6-8,13-15H2,1-5H3. The van der Waals surface area contributed by atoms with Gasteiger partial charge >= 0.3 is 0 Å². The summed E-state index contributed by atoms with van der Waals surface area (Å²) in [4.78, 5) is 0. The zero-order valence-corrected chi connectivity index (χ0v) is 16.9. The van der Waals surface area contributed by atoms with Gasteiger partial charge in [-0.25, -0.2) is 0 Å². The van der Waals surface area contributed by atoms with E-state index in [4.69, 9.17) is 4.43 Å². The van der Waals surface area contributed by atoms with E-state index in [1.807, 2.05) is 0 Å². The van der Waals surface area contributed by atoms with Crippen LogP contribution in [-0.2, 0) is 17.5 Å². The van der Waals surface area contributed by atoms with Crippen LogP contribution in [0.5, 0.6) is 0 Å². The van der Waals surface area contributed by atoms with E-state index in [0.29, 0.717) is 5.04 Å². The molecule has 3 heteroatoms. The van der Waals surface area contributed by atoms with Crippen molar-refractivity contribution in [3.63, 3.8) is 0 Å². The number of halogens is 1. The van der Waals surface area contributed by atoms with Crippen LogP contribution in [0.25, 0.3) is 0 Å². The molecule has 0 N–H and O–H groups in total. The highest BCUT2D eigenvalue weighted by molar-refractivity contribution is 9.09. The lowest BCUT2D eigenvalue weighted by Gasteiger charge is -2.39. The molecule has 0 amide bonds. The maximum absolute atomic E-state index is 6.39. The highest BCUT2D eigenvalue weighted by Crippen LogP contribution is 2.42. The van der Waals surface area contributed by atoms with Crippen molar-refractivity contribution in [3.8, 4) is 0 Å². The van der Waals surface area contributed by atoms with Crippen LogP contribution >= 0.6 is 15.9 Å². The first kappa shape index (κ1) is 18.9. The highest BCUT2D eigenvalue weighted by atomic mass is 79.9. The molecule has 0 heterocycles. The lowest BCUT2D eigenvalue weighted by molar-refractivity contribution is 0.269. The minimum absolute atomic E-state index is 0.331. The van der Waals surface area contributed by atoms with Gasteiger partial charge in [0.2, 0.25) is 0 Å². The Labute approximate surface area is 140 Å². The Bertz CT molecular complexity index is 412. The second-order valence-electron chi connectivity index (χ2n) is 7.04. The summed E-state index contributed by atoms with van der Waals surface area (Å²) >= 11 is 3.48. The number of aryl methyl sites for hydroxylation is 1. The van der Waals surface area contributed by atoms with E-state index in [1.54, 1.807) is 0 Å². The molecule has 1 nitrogen and oxygen atoms in total. The average molecular weight is 371 g/mol. The van der Waals surface area contributed by atoms with Gasteiger partial charge in [0.05, 0.1) is 6.61 Å². The molecule has 0 aromatic heterocycles. The molecule has 0 aliphatic rings. The third kappa shape index (κ3) is 5.88. The van der Waals surface area contributed by atoms with Gasteiger partial charge < -0.3 is 4.43 Å². The molecule has 1 rings (SSSR count). The van der Waals surface area contributed by atoms with E-state index < -0.39 is 8.32 Å². The van der Waals surface area contributed by atoms with Crippen molar-refractivity contribution in [1.82, 2.24) is 0 Å². The molecule has 21 heavy (non-hydrogen) atoms. The molecular weight excluding hydrogens is 340 g/mol. The third-order valence-corrected chi connectivity index (χ3v) is 9.66. The normalized spacial score (nSPS) is 12.7. The van der Waals surface area contributed by atoms with Crippen molar-refractivity contribution in [2.75, 3.05) is 5.33 Å². The Kier molecular flexibility index (Phi) is 7.65. The summed E-state index contributed by atoms with van der Waals surface area (Å²) in [5.41, 5.74) is 2.71. The first-order chi connectivity index (χ1) is 9.82. The van der Waals surface area contributed by atoms with E-state index in [2.05, 4.69) is 74.1 Å². The van der Waals surface area contributed by atoms with Crippen molar-refractivity contribution >= 4 is 24.2 Å². The Balaban J connectivity index is 2.58. The molecule has 120 valence electrons. The van der Waals surface area contributed by atoms with Gasteiger partial charge in [-0.15, -0.1) is 0 Å². The molecule has 0 saturated heterocycles. The van der Waals surface area contributed by atoms with Gasteiger partial charge in [-0.1, -0.05) is 67.4 Å². The molecule has 0 radical (unpaired) electrons. The molecule has 0 saturated carbocycles. The van der Waals surface area contributed by atoms with E-state index in [-0.39, 0.29) is 0 Å². The van der Waals surface area contributed by atoms with E-state index in [0.717, 1.165) is 18.4 Å². The van der Waals surface area contributed by atoms with Crippen LogP contribution in [0.15, 0.2) is 24.3 Å². The van der Waals surface area contributed by atoms with E-state index in [1.165, 1.54) is 30.4 Å². The highest BCUT2D eigenvalue weighted by Gasteiger charge is 2.40. The Morgan fingerprint density at radius 3 is 2.19 bits per heavy atom. The quantitative estimate of drug-likeness (QED) is 0.365. The van der Waals surface area contributed by atoms with Gasteiger partial charge in [0.25, 0.3) is 0 Å². The second kappa shape index (κ2) is 8.49. The van der Waals surface area contributed by atoms with Crippen LogP contribution in [0.1, 0.15) is 51.2 Å². The van der Waals surface area contributed by atoms with Gasteiger partial charge in [0.15, 0.2) is 8.32 Å². The summed E-state index contributed by atoms with van der Waals surface area (Å²) in [5, 5.41) is 1.40. The summed E-state index contributed by atoms with van der Waals surface area (Å²) in [7, 11) is -1.68. The molecule has 0 unspecified atom stereocenters. The van der Waals surface area contributed by atoms with Crippen molar-refractivity contribution in [1.29, 1.82) is 0 Å². The third-order valence-electron chi connectivity index (χ3n) is 4.73. The largest absolute Gasteiger partial charge is 0.413 e. The van der Waals surface area contributed by atoms with Crippen LogP contribution in [0, 0.1) is 0 Å². The van der Waals surface area contributed by atoms with E-state index >= 15 is 0 Å². The monoisotopic (exact) mass is 370 g/mol. The first-order valence-corrected chi connectivity index (χ1v) is 12.1. The predicted molar refractivity (Wildman–Crippen MR) is 99.8 cm³/mol. The number of hydrogen-bond acceptors (Lipinski definition) is 1. The second-order valence-corrected chi connectivity index (χ2v) is 12.5. The smallest absolute Gasteiger partial charge is 0.192 e. The topological polar surface area (TPSA) is 9.23 Å². The summed E-state index contributed by atoms with van der Waals surface area (Å²) in [5.74, 6) is 0. The Hall–Kier alpha value is -0.123. The zero-order valence-electron chi connectivity index (χ0n) is 14.3. The summed E-state index contributed by atoms with van der Waals surface area (Å²) < 4.78 is 6.39. The molecule has 1 aromatic rings. The molecule has 0 fully saturated rings. The Morgan fingerprint density at radius 1 is 1.10 bits per heavy atom. The van der Waals surface area contributed by atoms with Crippen LogP contribution in [-0.4, -0.2) is 13.6 Å². The Morgan fingerprint density at radius 2 is 1.67 bits per heavy atom. The van der Waals surface area contributed by atoms with Crippen molar-refractivity contribution in [2.24, 2.45) is 0 Å². The fraction of sp³-hybridized carbons (Fsp3) is 0.667. The maximum Gasteiger partial charge on any atom is 0.192 e. The zero-order chi connectivity index (χ0) is 15.9. The van der Waals surface area contributed by atoms with Gasteiger partial charge in [-0.2, -0.15) is 0 Å². The number of hydrogen-bond donors (Lipinski definition) is 0. The maximum atomic E-state index is 6.39. The van der Waals surface area contributed by atoms with Gasteiger partial charge in [0.1, 0.15) is 0 Å². The number of alkyl halides is 1. The first-order valence-electron chi connectivity index (χ1n) is 8.10. The van der Waals surface area contributed by atoms with E-state index in [9.17, 15) is 0 Å². The summed E-state index contributed by atoms with van der Waals surface area (Å²) in [6.07, 6.45) is 4.82. The predicted octanol–water partition coefficient (Wildman–Crippen LogP) is 6.32. The SMILES string of the molecule is CCCC(C)(C)[Si](C)(C)OCc1ccc(CCCBr)cc1. The molecule has 1 aromatic carbocycles. The molecular formula is C18H31BrOSi. The molecule has 0 aliphatic heterocycles. The molecule has 0 bridgehead atoms. The average Bonchev–Trinajstić information content (AvgIpc) is 2.44. The fourth-order valence-corrected chi connectivity index (χ4v) is 4.51. The summed E-state index contributed by atoms with van der Waals surface area (Å²) in [6.45, 7) is 12.5. The number of benzene rings is 1. The van der Waals surface area contributed by atoms with Crippen LogP contribution in [0.2, 0.25) is 18.1 Å². The minimum Gasteiger partial charge on any atom is -0.413 e. The van der Waals surface area contributed by atoms with Crippen molar-refractivity contribution < 1.29 is 4.43 Å². The van der Waals surface area contributed by atoms with Crippen molar-refractivity contribution in [2.45, 2.75) is 71.2 Å². The lowest BCUT2D eigenvalue weighted by atomic mass is 10.1. The lowest BCUT2D eigenvalue weighted by Crippen LogP contribution is -2.42. The van der Waals surface area contributed by atoms with Crippen LogP contribution < -0.4 is 0 Å². The van der Waals surface area contributed by atoms with Crippen molar-refractivity contribution in [3.05, 3.63) is 35.4 Å². The van der Waals surface area contributed by atoms with Gasteiger partial charge in [-0.3, -0.25) is 0 Å². The van der Waals surface area contributed by atoms with Gasteiger partial charge in [0, 0.05) is 5.33 Å². The number of rotatable bonds is 9. The van der Waals surface area contributed by atoms with Crippen LogP contribution in [0.4, 0.5) is 0 Å². The summed E-state index contributed by atoms with van der Waals surface area (Å²) in [6, 6.07) is 8.93. The molecule has 0 atom stereocenters. The molecule has 0 spiro atoms. The molecule has 0 aliphatic carbocycles. The van der Waals surface area contributed by atoms with Crippen LogP contribution in [0.3, 0.4) is 0 Å².